The number of rotatable bonds is 5. The van der Waals surface area contributed by atoms with E-state index in [4.69, 9.17) is 0 Å². The highest BCUT2D eigenvalue weighted by molar-refractivity contribution is 7.14. The molecule has 5 rings (SSSR count). The summed E-state index contributed by atoms with van der Waals surface area (Å²) in [7, 11) is 0. The number of aryl methyl sites for hydroxylation is 1. The van der Waals surface area contributed by atoms with Crippen LogP contribution in [0.25, 0.3) is 21.5 Å². The highest BCUT2D eigenvalue weighted by atomic mass is 32.1. The van der Waals surface area contributed by atoms with E-state index in [0.29, 0.717) is 18.7 Å². The largest absolute Gasteiger partial charge is 0.323 e. The number of nitrogens with zero attached hydrogens (tertiary/aromatic N) is 5. The minimum absolute atomic E-state index is 0.0258. The molecule has 2 aliphatic heterocycles. The first-order chi connectivity index (χ1) is 15.5. The van der Waals surface area contributed by atoms with E-state index in [-0.39, 0.29) is 30.7 Å². The van der Waals surface area contributed by atoms with Gasteiger partial charge in [-0.25, -0.2) is 18.6 Å². The molecular formula is C21H23F2N7OS. The molecule has 2 fully saturated rings. The van der Waals surface area contributed by atoms with E-state index in [0.717, 1.165) is 39.3 Å². The van der Waals surface area contributed by atoms with Crippen LogP contribution in [0.15, 0.2) is 24.5 Å². The van der Waals surface area contributed by atoms with Gasteiger partial charge in [-0.05, 0) is 44.7 Å². The lowest BCUT2D eigenvalue weighted by Crippen LogP contribution is -2.53. The Morgan fingerprint density at radius 2 is 1.97 bits per heavy atom. The molecule has 0 unspecified atom stereocenters. The number of piperidine rings is 1. The number of pyridine rings is 2. The van der Waals surface area contributed by atoms with Gasteiger partial charge in [0.15, 0.2) is 0 Å². The molecule has 0 aromatic carbocycles. The first-order valence-corrected chi connectivity index (χ1v) is 11.4. The summed E-state index contributed by atoms with van der Waals surface area (Å²) < 4.78 is 25.1. The molecule has 11 heteroatoms. The van der Waals surface area contributed by atoms with Crippen molar-refractivity contribution in [2.75, 3.05) is 11.9 Å². The van der Waals surface area contributed by atoms with Gasteiger partial charge in [0.05, 0.1) is 18.3 Å². The van der Waals surface area contributed by atoms with Gasteiger partial charge < -0.3 is 10.2 Å². The summed E-state index contributed by atoms with van der Waals surface area (Å²) in [6.45, 7) is 1.60. The fraction of sp³-hybridized carbons (Fsp3) is 0.476. The summed E-state index contributed by atoms with van der Waals surface area (Å²) in [6, 6.07) is 3.70. The van der Waals surface area contributed by atoms with E-state index in [2.05, 4.69) is 30.8 Å². The Kier molecular flexibility index (Phi) is 5.68. The van der Waals surface area contributed by atoms with E-state index in [9.17, 15) is 13.6 Å². The average Bonchev–Trinajstić information content (AvgIpc) is 3.32. The Morgan fingerprint density at radius 3 is 2.66 bits per heavy atom. The van der Waals surface area contributed by atoms with Crippen molar-refractivity contribution in [2.45, 2.75) is 57.2 Å². The second-order valence-electron chi connectivity index (χ2n) is 8.30. The fourth-order valence-corrected chi connectivity index (χ4v) is 5.41. The number of fused-ring (bicyclic) bond motifs is 3. The molecule has 2 N–H and O–H groups in total. The van der Waals surface area contributed by atoms with Gasteiger partial charge in [0.25, 0.3) is 6.43 Å². The van der Waals surface area contributed by atoms with Crippen LogP contribution in [0.3, 0.4) is 0 Å². The van der Waals surface area contributed by atoms with Crippen LogP contribution in [0.4, 0.5) is 19.4 Å². The summed E-state index contributed by atoms with van der Waals surface area (Å²) >= 11 is 1.49. The van der Waals surface area contributed by atoms with E-state index in [1.54, 1.807) is 18.5 Å². The van der Waals surface area contributed by atoms with Crippen LogP contribution in [0.2, 0.25) is 0 Å². The van der Waals surface area contributed by atoms with Gasteiger partial charge >= 0.3 is 6.03 Å². The quantitative estimate of drug-likeness (QED) is 0.602. The zero-order chi connectivity index (χ0) is 22.2. The monoisotopic (exact) mass is 459 g/mol. The van der Waals surface area contributed by atoms with Crippen molar-refractivity contribution in [3.05, 3.63) is 29.5 Å². The number of hydrogen-bond donors (Lipinski definition) is 2. The molecule has 3 aromatic heterocycles. The Balaban J connectivity index is 1.29. The number of carbonyl (C=O) groups excluding carboxylic acids is 1. The molecule has 2 bridgehead atoms. The molecule has 0 saturated carbocycles. The number of alkyl halides is 2. The van der Waals surface area contributed by atoms with Gasteiger partial charge in [-0.2, -0.15) is 0 Å². The topological polar surface area (TPSA) is 95.9 Å². The van der Waals surface area contributed by atoms with Crippen LogP contribution < -0.4 is 10.6 Å². The number of amides is 2. The average molecular weight is 460 g/mol. The first kappa shape index (κ1) is 21.1. The third-order valence-corrected chi connectivity index (χ3v) is 6.99. The molecule has 0 radical (unpaired) electrons. The van der Waals surface area contributed by atoms with Crippen LogP contribution in [0.5, 0.6) is 0 Å². The smallest absolute Gasteiger partial charge is 0.318 e. The van der Waals surface area contributed by atoms with E-state index in [1.807, 2.05) is 17.9 Å². The summed E-state index contributed by atoms with van der Waals surface area (Å²) in [5.74, 6) is 0.451. The first-order valence-electron chi connectivity index (χ1n) is 10.6. The highest BCUT2D eigenvalue weighted by Crippen LogP contribution is 2.36. The van der Waals surface area contributed by atoms with Gasteiger partial charge in [-0.3, -0.25) is 10.3 Å². The maximum Gasteiger partial charge on any atom is 0.323 e. The number of urea groups is 1. The fourth-order valence-electron chi connectivity index (χ4n) is 4.73. The van der Waals surface area contributed by atoms with Crippen LogP contribution >= 0.6 is 11.3 Å². The molecule has 2 saturated heterocycles. The van der Waals surface area contributed by atoms with Crippen LogP contribution in [-0.4, -0.2) is 62.2 Å². The predicted octanol–water partition coefficient (Wildman–Crippen LogP) is 3.84. The molecule has 8 nitrogen and oxygen atoms in total. The number of aromatic nitrogens is 4. The predicted molar refractivity (Wildman–Crippen MR) is 118 cm³/mol. The summed E-state index contributed by atoms with van der Waals surface area (Å²) in [6.07, 6.45) is 4.18. The van der Waals surface area contributed by atoms with Crippen molar-refractivity contribution in [3.8, 4) is 10.6 Å². The molecule has 5 heterocycles. The Morgan fingerprint density at radius 1 is 1.19 bits per heavy atom. The normalized spacial score (nSPS) is 22.6. The zero-order valence-corrected chi connectivity index (χ0v) is 18.3. The van der Waals surface area contributed by atoms with Gasteiger partial charge in [0.2, 0.25) is 0 Å². The highest BCUT2D eigenvalue weighted by Gasteiger charge is 2.43. The van der Waals surface area contributed by atoms with Crippen LogP contribution in [0.1, 0.15) is 30.7 Å². The Bertz CT molecular complexity index is 1130. The molecule has 168 valence electrons. The van der Waals surface area contributed by atoms with Crippen molar-refractivity contribution < 1.29 is 13.6 Å². The minimum Gasteiger partial charge on any atom is -0.318 e. The molecule has 32 heavy (non-hydrogen) atoms. The lowest BCUT2D eigenvalue weighted by molar-refractivity contribution is 0.115. The van der Waals surface area contributed by atoms with Crippen LogP contribution in [0, 0.1) is 6.92 Å². The lowest BCUT2D eigenvalue weighted by Gasteiger charge is -2.39. The molecule has 3 aromatic rings. The molecule has 3 atom stereocenters. The lowest BCUT2D eigenvalue weighted by atomic mass is 9.97. The number of halogens is 2. The summed E-state index contributed by atoms with van der Waals surface area (Å²) in [5, 5.41) is 16.6. The molecule has 0 aliphatic carbocycles. The van der Waals surface area contributed by atoms with Crippen molar-refractivity contribution in [1.29, 1.82) is 0 Å². The van der Waals surface area contributed by atoms with Crippen molar-refractivity contribution in [1.82, 2.24) is 30.4 Å². The minimum atomic E-state index is -2.36. The van der Waals surface area contributed by atoms with E-state index in [1.165, 1.54) is 11.3 Å². The van der Waals surface area contributed by atoms with Crippen molar-refractivity contribution >= 4 is 34.1 Å². The zero-order valence-electron chi connectivity index (χ0n) is 17.5. The SMILES string of the molecule is Cc1nnc(-c2cnc3cnc(NC(=O)N4[C@@H]5CC[C@H]4C[C@@H](NCC(F)F)C5)cc3c2)s1. The molecule has 2 amide bonds. The van der Waals surface area contributed by atoms with Gasteiger partial charge in [0.1, 0.15) is 15.8 Å². The van der Waals surface area contributed by atoms with Crippen molar-refractivity contribution in [2.24, 2.45) is 0 Å². The maximum absolute atomic E-state index is 13.0. The van der Waals surface area contributed by atoms with Crippen molar-refractivity contribution in [3.63, 3.8) is 0 Å². The number of anilines is 1. The third-order valence-electron chi connectivity index (χ3n) is 6.10. The second kappa shape index (κ2) is 8.62. The summed E-state index contributed by atoms with van der Waals surface area (Å²) in [4.78, 5) is 23.7. The van der Waals surface area contributed by atoms with E-state index < -0.39 is 6.43 Å². The Hall–Kier alpha value is -2.79. The molecule has 0 spiro atoms. The van der Waals surface area contributed by atoms with Gasteiger partial charge in [-0.15, -0.1) is 10.2 Å². The standard InChI is InChI=1S/C21H23F2N7OS/c1-11-28-29-20(32-11)13-4-12-5-19(26-9-17(12)25-8-13)27-21(31)30-15-2-3-16(30)7-14(6-15)24-10-18(22)23/h4-5,8-9,14-16,18,24H,2-3,6-7,10H2,1H3,(H,26,27,31)/t14-,15+,16-. The molecule has 2 aliphatic rings. The number of nitrogens with one attached hydrogen (secondary N) is 2. The maximum atomic E-state index is 13.0. The van der Waals surface area contributed by atoms with Crippen LogP contribution in [-0.2, 0) is 0 Å². The molecular weight excluding hydrogens is 436 g/mol. The third kappa shape index (κ3) is 4.26. The Labute approximate surface area is 187 Å². The van der Waals surface area contributed by atoms with Gasteiger partial charge in [-0.1, -0.05) is 11.3 Å². The second-order valence-corrected chi connectivity index (χ2v) is 9.48. The van der Waals surface area contributed by atoms with Gasteiger partial charge in [0, 0.05) is 35.3 Å². The number of carbonyl (C=O) groups is 1. The number of hydrogen-bond acceptors (Lipinski definition) is 7. The van der Waals surface area contributed by atoms with E-state index >= 15 is 0 Å². The summed E-state index contributed by atoms with van der Waals surface area (Å²) in [5.41, 5.74) is 1.59.